The van der Waals surface area contributed by atoms with Crippen LogP contribution in [-0.2, 0) is 6.42 Å². The van der Waals surface area contributed by atoms with Gasteiger partial charge in [0.1, 0.15) is 5.56 Å². The van der Waals surface area contributed by atoms with Gasteiger partial charge in [0.2, 0.25) is 5.88 Å². The molecule has 1 unspecified atom stereocenters. The van der Waals surface area contributed by atoms with Gasteiger partial charge in [0, 0.05) is 17.3 Å². The van der Waals surface area contributed by atoms with Gasteiger partial charge in [-0.25, -0.2) is 9.36 Å². The van der Waals surface area contributed by atoms with Crippen molar-refractivity contribution in [2.24, 2.45) is 0 Å². The lowest BCUT2D eigenvalue weighted by Crippen LogP contribution is -3.13. The van der Waals surface area contributed by atoms with Gasteiger partial charge in [0.25, 0.3) is 5.56 Å². The van der Waals surface area contributed by atoms with E-state index in [0.29, 0.717) is 5.69 Å². The molecule has 2 aromatic carbocycles. The third kappa shape index (κ3) is 2.70. The zero-order valence-corrected chi connectivity index (χ0v) is 16.6. The first-order chi connectivity index (χ1) is 14.6. The Kier molecular flexibility index (Phi) is 4.33. The minimum atomic E-state index is -0.654. The number of nitrogens with zero attached hydrogens (tertiary/aromatic N) is 1. The van der Waals surface area contributed by atoms with Crippen LogP contribution in [0.4, 0.5) is 0 Å². The van der Waals surface area contributed by atoms with Crippen LogP contribution in [0.3, 0.4) is 0 Å². The Bertz CT molecular complexity index is 1350. The summed E-state index contributed by atoms with van der Waals surface area (Å²) in [6.45, 7) is 3.68. The first-order valence-electron chi connectivity index (χ1n) is 10.2. The Labute approximate surface area is 172 Å². The molecule has 0 saturated carbocycles. The molecule has 0 fully saturated rings. The number of quaternary nitrogens is 1. The van der Waals surface area contributed by atoms with Gasteiger partial charge in [-0.05, 0) is 30.7 Å². The van der Waals surface area contributed by atoms with Crippen LogP contribution in [0.15, 0.2) is 64.2 Å². The van der Waals surface area contributed by atoms with Gasteiger partial charge in [0.05, 0.1) is 24.5 Å². The highest BCUT2D eigenvalue weighted by Crippen LogP contribution is 2.33. The van der Waals surface area contributed by atoms with Gasteiger partial charge in [0.15, 0.2) is 6.04 Å². The van der Waals surface area contributed by atoms with E-state index in [1.165, 1.54) is 10.1 Å². The number of hydrogen-bond donors (Lipinski definition) is 4. The molecule has 30 heavy (non-hydrogen) atoms. The van der Waals surface area contributed by atoms with Crippen molar-refractivity contribution in [3.8, 4) is 11.6 Å². The van der Waals surface area contributed by atoms with Crippen molar-refractivity contribution in [2.45, 2.75) is 19.4 Å². The minimum absolute atomic E-state index is 0.211. The van der Waals surface area contributed by atoms with Gasteiger partial charge in [-0.3, -0.25) is 9.78 Å². The summed E-state index contributed by atoms with van der Waals surface area (Å²) in [4.78, 5) is 32.6. The van der Waals surface area contributed by atoms with Crippen LogP contribution in [0.1, 0.15) is 29.8 Å². The van der Waals surface area contributed by atoms with E-state index in [1.54, 1.807) is 24.3 Å². The molecule has 0 spiro atoms. The number of likely N-dealkylation sites (N-methyl/N-ethyl adjacent to an activating group) is 1. The van der Waals surface area contributed by atoms with E-state index in [-0.39, 0.29) is 11.4 Å². The molecule has 7 nitrogen and oxygen atoms in total. The van der Waals surface area contributed by atoms with Crippen LogP contribution >= 0.6 is 0 Å². The van der Waals surface area contributed by atoms with Crippen LogP contribution in [-0.4, -0.2) is 32.7 Å². The molecule has 0 saturated heterocycles. The second-order valence-electron chi connectivity index (χ2n) is 7.68. The molecule has 4 aromatic rings. The summed E-state index contributed by atoms with van der Waals surface area (Å²) in [6.07, 6.45) is 0.885. The first-order valence-corrected chi connectivity index (χ1v) is 10.2. The van der Waals surface area contributed by atoms with Gasteiger partial charge >= 0.3 is 5.69 Å². The maximum Gasteiger partial charge on any atom is 0.335 e. The van der Waals surface area contributed by atoms with Crippen molar-refractivity contribution in [3.05, 3.63) is 92.3 Å². The number of aromatic amines is 2. The number of para-hydroxylation sites is 2. The highest BCUT2D eigenvalue weighted by Gasteiger charge is 2.39. The Morgan fingerprint density at radius 2 is 1.80 bits per heavy atom. The third-order valence-corrected chi connectivity index (χ3v) is 6.12. The molecule has 0 amide bonds. The van der Waals surface area contributed by atoms with Crippen LogP contribution in [0.25, 0.3) is 16.6 Å². The molecule has 1 aliphatic heterocycles. The molecule has 5 rings (SSSR count). The zero-order valence-electron chi connectivity index (χ0n) is 16.6. The van der Waals surface area contributed by atoms with E-state index in [0.717, 1.165) is 41.0 Å². The minimum Gasteiger partial charge on any atom is -0.494 e. The van der Waals surface area contributed by atoms with E-state index in [2.05, 4.69) is 23.0 Å². The molecular formula is C23H23N4O3+. The molecule has 0 radical (unpaired) electrons. The van der Waals surface area contributed by atoms with Gasteiger partial charge in [-0.15, -0.1) is 0 Å². The molecule has 0 bridgehead atoms. The summed E-state index contributed by atoms with van der Waals surface area (Å²) < 4.78 is 1.17. The van der Waals surface area contributed by atoms with Crippen molar-refractivity contribution in [3.63, 3.8) is 0 Å². The van der Waals surface area contributed by atoms with Gasteiger partial charge in [-0.1, -0.05) is 36.4 Å². The topological polar surface area (TPSA) is 95.3 Å². The van der Waals surface area contributed by atoms with Crippen molar-refractivity contribution in [1.29, 1.82) is 0 Å². The predicted octanol–water partition coefficient (Wildman–Crippen LogP) is 1.26. The number of hydrogen-bond acceptors (Lipinski definition) is 3. The fraction of sp³-hybridized carbons (Fsp3) is 0.217. The summed E-state index contributed by atoms with van der Waals surface area (Å²) in [7, 11) is 0. The Morgan fingerprint density at radius 1 is 1.07 bits per heavy atom. The fourth-order valence-electron chi connectivity index (χ4n) is 4.72. The lowest BCUT2D eigenvalue weighted by atomic mass is 9.93. The van der Waals surface area contributed by atoms with Crippen LogP contribution in [0, 0.1) is 0 Å². The molecule has 7 heteroatoms. The summed E-state index contributed by atoms with van der Waals surface area (Å²) in [5.41, 5.74) is 2.62. The average Bonchev–Trinajstić information content (AvgIpc) is 3.13. The van der Waals surface area contributed by atoms with Crippen LogP contribution in [0.2, 0.25) is 0 Å². The number of benzene rings is 2. The molecular weight excluding hydrogens is 380 g/mol. The largest absolute Gasteiger partial charge is 0.494 e. The number of fused-ring (bicyclic) bond motifs is 3. The summed E-state index contributed by atoms with van der Waals surface area (Å²) in [6, 6.07) is 16.5. The summed E-state index contributed by atoms with van der Waals surface area (Å²) in [5.74, 6) is -0.308. The van der Waals surface area contributed by atoms with E-state index in [1.807, 2.05) is 24.3 Å². The Morgan fingerprint density at radius 3 is 2.57 bits per heavy atom. The van der Waals surface area contributed by atoms with E-state index in [9.17, 15) is 14.7 Å². The van der Waals surface area contributed by atoms with Crippen molar-refractivity contribution in [2.75, 3.05) is 13.1 Å². The number of H-pyrrole nitrogens is 2. The number of aromatic nitrogens is 3. The highest BCUT2D eigenvalue weighted by atomic mass is 16.3. The lowest BCUT2D eigenvalue weighted by molar-refractivity contribution is -0.926. The van der Waals surface area contributed by atoms with E-state index >= 15 is 0 Å². The fourth-order valence-corrected chi connectivity index (χ4v) is 4.72. The predicted molar refractivity (Wildman–Crippen MR) is 115 cm³/mol. The van der Waals surface area contributed by atoms with E-state index < -0.39 is 17.3 Å². The van der Waals surface area contributed by atoms with Crippen LogP contribution in [0.5, 0.6) is 5.88 Å². The number of aromatic hydroxyl groups is 1. The van der Waals surface area contributed by atoms with Crippen molar-refractivity contribution in [1.82, 2.24) is 14.5 Å². The summed E-state index contributed by atoms with van der Waals surface area (Å²) in [5, 5.41) is 12.3. The van der Waals surface area contributed by atoms with Crippen molar-refractivity contribution < 1.29 is 10.0 Å². The number of rotatable bonds is 3. The van der Waals surface area contributed by atoms with E-state index in [4.69, 9.17) is 0 Å². The Balaban J connectivity index is 1.80. The molecule has 152 valence electrons. The third-order valence-electron chi connectivity index (χ3n) is 6.12. The monoisotopic (exact) mass is 403 g/mol. The maximum absolute atomic E-state index is 13.0. The SMILES string of the molecule is CC[NH+]1CCc2c([nH]c3ccccc23)[C@@H]1c1c(O)n(-c2ccccc2)c(=O)[nH]c1=O. The normalized spacial score (nSPS) is 18.4. The smallest absolute Gasteiger partial charge is 0.335 e. The van der Waals surface area contributed by atoms with Crippen molar-refractivity contribution >= 4 is 10.9 Å². The summed E-state index contributed by atoms with van der Waals surface area (Å²) >= 11 is 0. The van der Waals surface area contributed by atoms with Gasteiger partial charge < -0.3 is 15.0 Å². The second-order valence-corrected chi connectivity index (χ2v) is 7.68. The quantitative estimate of drug-likeness (QED) is 0.415. The number of nitrogens with one attached hydrogen (secondary N) is 3. The molecule has 0 aliphatic carbocycles. The zero-order chi connectivity index (χ0) is 20.8. The van der Waals surface area contributed by atoms with Gasteiger partial charge in [-0.2, -0.15) is 0 Å². The molecule has 4 N–H and O–H groups in total. The van der Waals surface area contributed by atoms with Crippen LogP contribution < -0.4 is 16.1 Å². The molecule has 3 heterocycles. The standard InChI is InChI=1S/C23H22N4O3/c1-2-26-13-12-16-15-10-6-7-11-17(15)24-19(16)20(26)18-21(28)25-23(30)27(22(18)29)14-8-4-3-5-9-14/h3-11,20,24,29H,2,12-13H2,1H3,(H,25,28,30)/p+1/t20-/m0/s1. The molecule has 1 aliphatic rings. The molecule has 2 atom stereocenters. The molecule has 2 aromatic heterocycles. The first kappa shape index (κ1) is 18.4. The second kappa shape index (κ2) is 7.03. The maximum atomic E-state index is 13.0. The Hall–Kier alpha value is -3.58. The lowest BCUT2D eigenvalue weighted by Gasteiger charge is -2.32. The average molecular weight is 403 g/mol. The highest BCUT2D eigenvalue weighted by molar-refractivity contribution is 5.85.